The standard InChI is InChI=1S/C29H38N2/c1-20(2)22-14-12-15-23(21(3)4)26(22)31-27(28(5,6)7)24-16-13-17-25(30-24)29(8)18-10-9-11-19-29/h9-18,20-21H,19H2,1-8H3. The lowest BCUT2D eigenvalue weighted by Crippen LogP contribution is -2.26. The average molecular weight is 415 g/mol. The molecule has 0 bridgehead atoms. The van der Waals surface area contributed by atoms with Crippen molar-refractivity contribution in [1.29, 1.82) is 0 Å². The van der Waals surface area contributed by atoms with Crippen LogP contribution in [0.4, 0.5) is 5.69 Å². The monoisotopic (exact) mass is 414 g/mol. The number of para-hydroxylation sites is 1. The van der Waals surface area contributed by atoms with Crippen LogP contribution in [0.2, 0.25) is 0 Å². The second-order valence-electron chi connectivity index (χ2n) is 10.6. The van der Waals surface area contributed by atoms with E-state index in [1.165, 1.54) is 11.1 Å². The molecule has 1 aliphatic carbocycles. The predicted molar refractivity (Wildman–Crippen MR) is 135 cm³/mol. The molecule has 0 fully saturated rings. The molecule has 2 nitrogen and oxygen atoms in total. The Hall–Kier alpha value is -2.48. The van der Waals surface area contributed by atoms with Gasteiger partial charge in [0, 0.05) is 10.8 Å². The molecular weight excluding hydrogens is 376 g/mol. The number of aromatic nitrogens is 1. The number of hydrogen-bond donors (Lipinski definition) is 0. The lowest BCUT2D eigenvalue weighted by Gasteiger charge is -2.28. The summed E-state index contributed by atoms with van der Waals surface area (Å²) in [7, 11) is 0. The van der Waals surface area contributed by atoms with Crippen molar-refractivity contribution in [2.75, 3.05) is 0 Å². The van der Waals surface area contributed by atoms with Crippen LogP contribution in [0.3, 0.4) is 0 Å². The molecule has 0 aliphatic heterocycles. The third-order valence-corrected chi connectivity index (χ3v) is 6.11. The smallest absolute Gasteiger partial charge is 0.0853 e. The molecule has 1 aliphatic rings. The zero-order chi connectivity index (χ0) is 22.8. The van der Waals surface area contributed by atoms with Gasteiger partial charge in [-0.25, -0.2) is 0 Å². The van der Waals surface area contributed by atoms with Crippen LogP contribution in [-0.4, -0.2) is 10.7 Å². The van der Waals surface area contributed by atoms with E-state index >= 15 is 0 Å². The van der Waals surface area contributed by atoms with Crippen LogP contribution in [0.1, 0.15) is 96.2 Å². The minimum absolute atomic E-state index is 0.0767. The van der Waals surface area contributed by atoms with Crippen molar-refractivity contribution in [3.63, 3.8) is 0 Å². The Bertz CT molecular complexity index is 989. The average Bonchev–Trinajstić information content (AvgIpc) is 2.71. The topological polar surface area (TPSA) is 25.2 Å². The molecule has 1 aromatic heterocycles. The van der Waals surface area contributed by atoms with Crippen LogP contribution in [-0.2, 0) is 5.41 Å². The van der Waals surface area contributed by atoms with Crippen LogP contribution >= 0.6 is 0 Å². The molecule has 0 saturated carbocycles. The van der Waals surface area contributed by atoms with E-state index in [4.69, 9.17) is 9.98 Å². The van der Waals surface area contributed by atoms with Gasteiger partial charge in [-0.15, -0.1) is 0 Å². The minimum atomic E-state index is -0.132. The first-order valence-electron chi connectivity index (χ1n) is 11.6. The lowest BCUT2D eigenvalue weighted by molar-refractivity contribution is 0.571. The Morgan fingerprint density at radius 2 is 1.55 bits per heavy atom. The Balaban J connectivity index is 2.21. The first-order chi connectivity index (χ1) is 14.5. The summed E-state index contributed by atoms with van der Waals surface area (Å²) in [6, 6.07) is 13.0. The van der Waals surface area contributed by atoms with E-state index in [0.717, 1.165) is 29.2 Å². The van der Waals surface area contributed by atoms with Gasteiger partial charge in [-0.1, -0.05) is 104 Å². The number of hydrogen-bond acceptors (Lipinski definition) is 2. The summed E-state index contributed by atoms with van der Waals surface area (Å²) in [6.07, 6.45) is 9.70. The Morgan fingerprint density at radius 3 is 2.06 bits per heavy atom. The second-order valence-corrected chi connectivity index (χ2v) is 10.6. The molecule has 31 heavy (non-hydrogen) atoms. The highest BCUT2D eigenvalue weighted by Crippen LogP contribution is 2.37. The van der Waals surface area contributed by atoms with E-state index in [9.17, 15) is 0 Å². The molecule has 1 unspecified atom stereocenters. The maximum Gasteiger partial charge on any atom is 0.0853 e. The Kier molecular flexibility index (Phi) is 6.69. The molecule has 1 atom stereocenters. The zero-order valence-corrected chi connectivity index (χ0v) is 20.5. The van der Waals surface area contributed by atoms with Crippen molar-refractivity contribution < 1.29 is 0 Å². The van der Waals surface area contributed by atoms with Gasteiger partial charge in [-0.2, -0.15) is 0 Å². The summed E-state index contributed by atoms with van der Waals surface area (Å²) < 4.78 is 0. The van der Waals surface area contributed by atoms with Crippen molar-refractivity contribution >= 4 is 11.4 Å². The van der Waals surface area contributed by atoms with E-state index in [-0.39, 0.29) is 10.8 Å². The number of allylic oxidation sites excluding steroid dienone is 4. The second kappa shape index (κ2) is 8.94. The van der Waals surface area contributed by atoms with Gasteiger partial charge in [-0.3, -0.25) is 9.98 Å². The van der Waals surface area contributed by atoms with Crippen LogP contribution in [0.5, 0.6) is 0 Å². The van der Waals surface area contributed by atoms with Crippen LogP contribution in [0.15, 0.2) is 65.7 Å². The van der Waals surface area contributed by atoms with Gasteiger partial charge in [-0.05, 0) is 41.5 Å². The summed E-state index contributed by atoms with van der Waals surface area (Å²) in [4.78, 5) is 10.5. The van der Waals surface area contributed by atoms with Gasteiger partial charge >= 0.3 is 0 Å². The highest BCUT2D eigenvalue weighted by Gasteiger charge is 2.28. The third-order valence-electron chi connectivity index (χ3n) is 6.11. The van der Waals surface area contributed by atoms with Crippen molar-refractivity contribution in [3.05, 3.63) is 83.2 Å². The van der Waals surface area contributed by atoms with Crippen molar-refractivity contribution in [3.8, 4) is 0 Å². The van der Waals surface area contributed by atoms with Crippen molar-refractivity contribution in [2.24, 2.45) is 10.4 Å². The molecule has 0 saturated heterocycles. The molecule has 164 valence electrons. The van der Waals surface area contributed by atoms with Gasteiger partial charge in [0.05, 0.1) is 22.8 Å². The first-order valence-corrected chi connectivity index (χ1v) is 11.6. The predicted octanol–water partition coefficient (Wildman–Crippen LogP) is 8.27. The van der Waals surface area contributed by atoms with E-state index < -0.39 is 0 Å². The molecule has 0 spiro atoms. The van der Waals surface area contributed by atoms with Crippen molar-refractivity contribution in [2.45, 2.75) is 79.1 Å². The van der Waals surface area contributed by atoms with Gasteiger partial charge in [0.1, 0.15) is 0 Å². The summed E-state index contributed by atoms with van der Waals surface area (Å²) >= 11 is 0. The first kappa shape index (κ1) is 23.2. The fourth-order valence-corrected chi connectivity index (χ4v) is 4.16. The maximum atomic E-state index is 5.37. The fraction of sp³-hybridized carbons (Fsp3) is 0.448. The van der Waals surface area contributed by atoms with Crippen molar-refractivity contribution in [1.82, 2.24) is 4.98 Å². The number of aliphatic imine (C=N–C) groups is 1. The number of nitrogens with zero attached hydrogens (tertiary/aromatic N) is 2. The van der Waals surface area contributed by atoms with Crippen LogP contribution in [0.25, 0.3) is 0 Å². The molecule has 2 aromatic rings. The van der Waals surface area contributed by atoms with E-state index in [0.29, 0.717) is 11.8 Å². The maximum absolute atomic E-state index is 5.37. The zero-order valence-electron chi connectivity index (χ0n) is 20.5. The number of pyridine rings is 1. The van der Waals surface area contributed by atoms with E-state index in [2.05, 4.69) is 116 Å². The summed E-state index contributed by atoms with van der Waals surface area (Å²) in [5.74, 6) is 0.826. The molecule has 0 radical (unpaired) electrons. The number of rotatable bonds is 5. The Morgan fingerprint density at radius 1 is 0.935 bits per heavy atom. The van der Waals surface area contributed by atoms with E-state index in [1.807, 2.05) is 0 Å². The SMILES string of the molecule is CC(C)c1cccc(C(C)C)c1N=C(c1cccc(C2(C)C=CC=CC2)n1)C(C)(C)C. The Labute approximate surface area is 189 Å². The molecule has 1 heterocycles. The third kappa shape index (κ3) is 5.06. The molecule has 3 rings (SSSR count). The van der Waals surface area contributed by atoms with Gasteiger partial charge in [0.2, 0.25) is 0 Å². The summed E-state index contributed by atoms with van der Waals surface area (Å²) in [5, 5.41) is 0. The molecular formula is C29H38N2. The number of benzene rings is 1. The fourth-order valence-electron chi connectivity index (χ4n) is 4.16. The van der Waals surface area contributed by atoms with Gasteiger partial charge in [0.15, 0.2) is 0 Å². The molecule has 0 N–H and O–H groups in total. The molecule has 0 amide bonds. The summed E-state index contributed by atoms with van der Waals surface area (Å²) in [6.45, 7) is 18.0. The normalized spacial score (nSPS) is 19.5. The highest BCUT2D eigenvalue weighted by atomic mass is 14.8. The highest BCUT2D eigenvalue weighted by molar-refractivity contribution is 6.04. The van der Waals surface area contributed by atoms with E-state index in [1.54, 1.807) is 0 Å². The molecule has 1 aromatic carbocycles. The van der Waals surface area contributed by atoms with Crippen LogP contribution < -0.4 is 0 Å². The van der Waals surface area contributed by atoms with Gasteiger partial charge in [0.25, 0.3) is 0 Å². The summed E-state index contributed by atoms with van der Waals surface area (Å²) in [5.41, 5.74) is 6.64. The van der Waals surface area contributed by atoms with Crippen LogP contribution in [0, 0.1) is 5.41 Å². The minimum Gasteiger partial charge on any atom is -0.251 e. The quantitative estimate of drug-likeness (QED) is 0.452. The lowest BCUT2D eigenvalue weighted by atomic mass is 9.80. The molecule has 2 heteroatoms. The largest absolute Gasteiger partial charge is 0.251 e. The van der Waals surface area contributed by atoms with Gasteiger partial charge < -0.3 is 0 Å².